The van der Waals surface area contributed by atoms with Gasteiger partial charge in [-0.15, -0.1) is 0 Å². The zero-order valence-electron chi connectivity index (χ0n) is 14.4. The van der Waals surface area contributed by atoms with Crippen molar-refractivity contribution in [3.63, 3.8) is 0 Å². The first-order valence-electron chi connectivity index (χ1n) is 8.82. The Morgan fingerprint density at radius 1 is 1.13 bits per heavy atom. The maximum atomic E-state index is 9.35. The monoisotopic (exact) mass is 315 g/mol. The molecular formula is C19H29N3O. The number of nitrogens with zero attached hydrogens (tertiary/aromatic N) is 2. The van der Waals surface area contributed by atoms with Crippen LogP contribution in [-0.4, -0.2) is 53.9 Å². The van der Waals surface area contributed by atoms with Crippen LogP contribution in [0.1, 0.15) is 23.1 Å². The summed E-state index contributed by atoms with van der Waals surface area (Å²) in [6.07, 6.45) is 4.57. The van der Waals surface area contributed by atoms with Gasteiger partial charge in [-0.05, 0) is 50.4 Å². The molecule has 1 aliphatic rings. The first-order valence-corrected chi connectivity index (χ1v) is 8.82. The van der Waals surface area contributed by atoms with Gasteiger partial charge in [-0.3, -0.25) is 0 Å². The predicted octanol–water partition coefficient (Wildman–Crippen LogP) is 2.09. The minimum Gasteiger partial charge on any atom is -0.395 e. The molecule has 0 radical (unpaired) electrons. The molecule has 3 rings (SSSR count). The van der Waals surface area contributed by atoms with Crippen molar-refractivity contribution in [1.82, 2.24) is 14.8 Å². The molecule has 2 heterocycles. The smallest absolute Gasteiger partial charge is 0.0610 e. The molecule has 126 valence electrons. The summed E-state index contributed by atoms with van der Waals surface area (Å²) in [5.74, 6) is 0. The molecule has 2 aromatic rings. The van der Waals surface area contributed by atoms with Gasteiger partial charge in [0.05, 0.1) is 12.1 Å². The highest BCUT2D eigenvalue weighted by molar-refractivity contribution is 5.87. The van der Waals surface area contributed by atoms with E-state index in [4.69, 9.17) is 0 Å². The lowest BCUT2D eigenvalue weighted by molar-refractivity contribution is 0.238. The van der Waals surface area contributed by atoms with Crippen LogP contribution in [0.3, 0.4) is 0 Å². The molecule has 0 spiro atoms. The Balaban J connectivity index is 1.76. The Morgan fingerprint density at radius 3 is 2.65 bits per heavy atom. The third-order valence-electron chi connectivity index (χ3n) is 4.86. The molecular weight excluding hydrogens is 286 g/mol. The molecule has 2 N–H and O–H groups in total. The molecule has 0 atom stereocenters. The van der Waals surface area contributed by atoms with Gasteiger partial charge in [0, 0.05) is 44.3 Å². The lowest BCUT2D eigenvalue weighted by atomic mass is 10.0. The molecule has 0 aliphatic carbocycles. The number of aryl methyl sites for hydroxylation is 3. The number of hydrogen-bond acceptors (Lipinski definition) is 3. The average Bonchev–Trinajstić information content (AvgIpc) is 2.87. The van der Waals surface area contributed by atoms with Crippen LogP contribution in [0.5, 0.6) is 0 Å². The van der Waals surface area contributed by atoms with E-state index in [1.165, 1.54) is 53.6 Å². The zero-order valence-corrected chi connectivity index (χ0v) is 14.4. The minimum absolute atomic E-state index is 0.192. The summed E-state index contributed by atoms with van der Waals surface area (Å²) in [5.41, 5.74) is 5.35. The van der Waals surface area contributed by atoms with Gasteiger partial charge >= 0.3 is 0 Å². The van der Waals surface area contributed by atoms with Crippen LogP contribution in [0.15, 0.2) is 18.3 Å². The number of rotatable bonds is 6. The number of benzene rings is 1. The standard InChI is InChI=1S/C19H29N3O/c1-15-12-16(2)19-18(13-15)17(14-22(19)10-11-23)4-3-7-21-8-5-20-6-9-21/h12-14,20,23H,3-11H2,1-2H3. The van der Waals surface area contributed by atoms with Crippen molar-refractivity contribution in [1.29, 1.82) is 0 Å². The van der Waals surface area contributed by atoms with Crippen molar-refractivity contribution in [2.75, 3.05) is 39.3 Å². The fourth-order valence-corrected chi connectivity index (χ4v) is 3.82. The summed E-state index contributed by atoms with van der Waals surface area (Å²) in [5, 5.41) is 14.1. The topological polar surface area (TPSA) is 40.4 Å². The van der Waals surface area contributed by atoms with Gasteiger partial charge in [0.25, 0.3) is 0 Å². The Labute approximate surface area is 139 Å². The summed E-state index contributed by atoms with van der Waals surface area (Å²) in [6, 6.07) is 4.54. The van der Waals surface area contributed by atoms with Crippen LogP contribution in [0.25, 0.3) is 10.9 Å². The predicted molar refractivity (Wildman–Crippen MR) is 96.1 cm³/mol. The van der Waals surface area contributed by atoms with Crippen molar-refractivity contribution in [3.8, 4) is 0 Å². The van der Waals surface area contributed by atoms with Gasteiger partial charge in [0.2, 0.25) is 0 Å². The van der Waals surface area contributed by atoms with Crippen LogP contribution in [0.4, 0.5) is 0 Å². The Hall–Kier alpha value is -1.36. The summed E-state index contributed by atoms with van der Waals surface area (Å²) < 4.78 is 2.23. The second-order valence-electron chi connectivity index (χ2n) is 6.74. The van der Waals surface area contributed by atoms with Crippen molar-refractivity contribution in [2.45, 2.75) is 33.2 Å². The second-order valence-corrected chi connectivity index (χ2v) is 6.74. The number of aliphatic hydroxyl groups excluding tert-OH is 1. The van der Waals surface area contributed by atoms with Gasteiger partial charge < -0.3 is 19.9 Å². The Bertz CT molecular complexity index is 656. The van der Waals surface area contributed by atoms with Crippen molar-refractivity contribution < 1.29 is 5.11 Å². The van der Waals surface area contributed by atoms with Gasteiger partial charge in [0.15, 0.2) is 0 Å². The third-order valence-corrected chi connectivity index (χ3v) is 4.86. The largest absolute Gasteiger partial charge is 0.395 e. The SMILES string of the molecule is Cc1cc(C)c2c(c1)c(CCCN1CCNCC1)cn2CCO. The molecule has 1 saturated heterocycles. The molecule has 1 fully saturated rings. The number of nitrogens with one attached hydrogen (secondary N) is 1. The van der Waals surface area contributed by atoms with E-state index in [1.807, 2.05) is 0 Å². The van der Waals surface area contributed by atoms with Gasteiger partial charge in [-0.1, -0.05) is 11.6 Å². The fourth-order valence-electron chi connectivity index (χ4n) is 3.82. The highest BCUT2D eigenvalue weighted by atomic mass is 16.3. The van der Waals surface area contributed by atoms with Crippen molar-refractivity contribution in [2.24, 2.45) is 0 Å². The lowest BCUT2D eigenvalue weighted by Crippen LogP contribution is -2.43. The summed E-state index contributed by atoms with van der Waals surface area (Å²) in [4.78, 5) is 2.56. The molecule has 0 bridgehead atoms. The minimum atomic E-state index is 0.192. The molecule has 4 heteroatoms. The quantitative estimate of drug-likeness (QED) is 0.857. The van der Waals surface area contributed by atoms with E-state index in [9.17, 15) is 5.11 Å². The van der Waals surface area contributed by atoms with Crippen molar-refractivity contribution >= 4 is 10.9 Å². The van der Waals surface area contributed by atoms with E-state index in [2.05, 4.69) is 47.0 Å². The van der Waals surface area contributed by atoms with Crippen LogP contribution in [0, 0.1) is 13.8 Å². The molecule has 1 aliphatic heterocycles. The van der Waals surface area contributed by atoms with Gasteiger partial charge in [-0.25, -0.2) is 0 Å². The van der Waals surface area contributed by atoms with Crippen LogP contribution in [-0.2, 0) is 13.0 Å². The van der Waals surface area contributed by atoms with Crippen molar-refractivity contribution in [3.05, 3.63) is 35.0 Å². The van der Waals surface area contributed by atoms with Crippen LogP contribution < -0.4 is 5.32 Å². The van der Waals surface area contributed by atoms with E-state index in [1.54, 1.807) is 0 Å². The van der Waals surface area contributed by atoms with Crippen LogP contribution in [0.2, 0.25) is 0 Å². The maximum Gasteiger partial charge on any atom is 0.0610 e. The first kappa shape index (κ1) is 16.5. The van der Waals surface area contributed by atoms with E-state index in [-0.39, 0.29) is 6.61 Å². The molecule has 4 nitrogen and oxygen atoms in total. The number of aliphatic hydroxyl groups is 1. The number of aromatic nitrogens is 1. The zero-order chi connectivity index (χ0) is 16.2. The normalized spacial score (nSPS) is 16.3. The number of fused-ring (bicyclic) bond motifs is 1. The third kappa shape index (κ3) is 3.77. The second kappa shape index (κ2) is 7.47. The highest BCUT2D eigenvalue weighted by Crippen LogP contribution is 2.27. The molecule has 0 saturated carbocycles. The molecule has 1 aromatic carbocycles. The van der Waals surface area contributed by atoms with E-state index in [0.29, 0.717) is 6.54 Å². The molecule has 1 aromatic heterocycles. The Morgan fingerprint density at radius 2 is 1.91 bits per heavy atom. The molecule has 0 amide bonds. The van der Waals surface area contributed by atoms with Crippen LogP contribution >= 0.6 is 0 Å². The molecule has 0 unspecified atom stereocenters. The maximum absolute atomic E-state index is 9.35. The summed E-state index contributed by atoms with van der Waals surface area (Å²) in [7, 11) is 0. The summed E-state index contributed by atoms with van der Waals surface area (Å²) in [6.45, 7) is 11.0. The molecule has 23 heavy (non-hydrogen) atoms. The highest BCUT2D eigenvalue weighted by Gasteiger charge is 2.13. The fraction of sp³-hybridized carbons (Fsp3) is 0.579. The van der Waals surface area contributed by atoms with E-state index >= 15 is 0 Å². The number of hydrogen-bond donors (Lipinski definition) is 2. The van der Waals surface area contributed by atoms with E-state index < -0.39 is 0 Å². The van der Waals surface area contributed by atoms with E-state index in [0.717, 1.165) is 19.5 Å². The average molecular weight is 315 g/mol. The summed E-state index contributed by atoms with van der Waals surface area (Å²) >= 11 is 0. The lowest BCUT2D eigenvalue weighted by Gasteiger charge is -2.26. The first-order chi connectivity index (χ1) is 11.2. The van der Waals surface area contributed by atoms with Gasteiger partial charge in [0.1, 0.15) is 0 Å². The number of piperazine rings is 1. The van der Waals surface area contributed by atoms with Gasteiger partial charge in [-0.2, -0.15) is 0 Å². The Kier molecular flexibility index (Phi) is 5.36.